The van der Waals surface area contributed by atoms with Crippen molar-refractivity contribution >= 4 is 17.3 Å². The zero-order chi connectivity index (χ0) is 17.5. The van der Waals surface area contributed by atoms with Gasteiger partial charge in [-0.2, -0.15) is 5.10 Å². The van der Waals surface area contributed by atoms with E-state index in [1.54, 1.807) is 25.1 Å². The van der Waals surface area contributed by atoms with Gasteiger partial charge < -0.3 is 4.74 Å². The van der Waals surface area contributed by atoms with Gasteiger partial charge in [0, 0.05) is 17.7 Å². The molecule has 0 bridgehead atoms. The van der Waals surface area contributed by atoms with Crippen LogP contribution in [0.4, 0.5) is 5.69 Å². The Morgan fingerprint density at radius 3 is 2.71 bits per heavy atom. The van der Waals surface area contributed by atoms with Crippen LogP contribution in [0.25, 0.3) is 0 Å². The lowest BCUT2D eigenvalue weighted by molar-refractivity contribution is -0.384. The van der Waals surface area contributed by atoms with Crippen molar-refractivity contribution in [3.8, 4) is 5.75 Å². The topological polar surface area (TPSA) is 93.8 Å². The highest BCUT2D eigenvalue weighted by atomic mass is 16.6. The number of nitrogens with zero attached hydrogens (tertiary/aromatic N) is 2. The van der Waals surface area contributed by atoms with E-state index in [-0.39, 0.29) is 12.3 Å². The van der Waals surface area contributed by atoms with E-state index in [0.29, 0.717) is 17.0 Å². The van der Waals surface area contributed by atoms with Gasteiger partial charge in [0.05, 0.1) is 10.6 Å². The van der Waals surface area contributed by atoms with E-state index in [9.17, 15) is 14.9 Å². The predicted octanol–water partition coefficient (Wildman–Crippen LogP) is 2.82. The van der Waals surface area contributed by atoms with Crippen LogP contribution < -0.4 is 10.2 Å². The summed E-state index contributed by atoms with van der Waals surface area (Å²) in [7, 11) is 0. The van der Waals surface area contributed by atoms with Crippen molar-refractivity contribution in [2.45, 2.75) is 13.8 Å². The average molecular weight is 327 g/mol. The Labute approximate surface area is 139 Å². The first-order chi connectivity index (χ1) is 11.5. The van der Waals surface area contributed by atoms with Crippen LogP contribution in [0.5, 0.6) is 5.75 Å². The fourth-order valence-electron chi connectivity index (χ4n) is 1.95. The molecule has 0 unspecified atom stereocenters. The number of amides is 1. The van der Waals surface area contributed by atoms with Crippen LogP contribution in [0.1, 0.15) is 18.1 Å². The van der Waals surface area contributed by atoms with Crippen molar-refractivity contribution in [3.63, 3.8) is 0 Å². The van der Waals surface area contributed by atoms with Crippen molar-refractivity contribution in [1.29, 1.82) is 0 Å². The molecule has 0 heterocycles. The monoisotopic (exact) mass is 327 g/mol. The number of hydrogen-bond acceptors (Lipinski definition) is 5. The van der Waals surface area contributed by atoms with Crippen LogP contribution in [-0.4, -0.2) is 23.1 Å². The lowest BCUT2D eigenvalue weighted by atomic mass is 10.1. The number of aryl methyl sites for hydroxylation is 1. The molecule has 0 saturated heterocycles. The summed E-state index contributed by atoms with van der Waals surface area (Å²) >= 11 is 0. The van der Waals surface area contributed by atoms with Gasteiger partial charge in [0.25, 0.3) is 11.6 Å². The molecule has 24 heavy (non-hydrogen) atoms. The number of carbonyl (C=O) groups excluding carboxylic acids is 1. The molecule has 0 aromatic heterocycles. The van der Waals surface area contributed by atoms with Gasteiger partial charge in [-0.1, -0.05) is 30.3 Å². The normalized spacial score (nSPS) is 11.0. The standard InChI is InChI=1S/C17H17N3O4/c1-12-6-3-4-9-16(12)24-11-17(21)19-18-13(2)14-7-5-8-15(10-14)20(22)23/h3-10H,11H2,1-2H3,(H,19,21). The molecule has 0 fully saturated rings. The van der Waals surface area contributed by atoms with Crippen LogP contribution in [0.15, 0.2) is 53.6 Å². The fourth-order valence-corrected chi connectivity index (χ4v) is 1.95. The molecule has 0 atom stereocenters. The Bertz CT molecular complexity index is 787. The van der Waals surface area contributed by atoms with Gasteiger partial charge >= 0.3 is 0 Å². The van der Waals surface area contributed by atoms with Gasteiger partial charge in [-0.25, -0.2) is 5.43 Å². The Kier molecular flexibility index (Phi) is 5.62. The number of carbonyl (C=O) groups is 1. The average Bonchev–Trinajstić information content (AvgIpc) is 2.59. The molecule has 0 aliphatic rings. The zero-order valence-corrected chi connectivity index (χ0v) is 13.4. The third-order valence-corrected chi connectivity index (χ3v) is 3.28. The summed E-state index contributed by atoms with van der Waals surface area (Å²) in [6.45, 7) is 3.37. The number of ether oxygens (including phenoxy) is 1. The minimum absolute atomic E-state index is 0.0312. The molecular weight excluding hydrogens is 310 g/mol. The second-order valence-electron chi connectivity index (χ2n) is 5.09. The molecule has 0 saturated carbocycles. The number of nitrogens with one attached hydrogen (secondary N) is 1. The van der Waals surface area contributed by atoms with Crippen molar-refractivity contribution in [2.75, 3.05) is 6.61 Å². The zero-order valence-electron chi connectivity index (χ0n) is 13.4. The van der Waals surface area contributed by atoms with Crippen LogP contribution in [-0.2, 0) is 4.79 Å². The summed E-state index contributed by atoms with van der Waals surface area (Å²) in [5.41, 5.74) is 4.29. The first-order valence-electron chi connectivity index (χ1n) is 7.24. The summed E-state index contributed by atoms with van der Waals surface area (Å²) in [4.78, 5) is 22.1. The van der Waals surface area contributed by atoms with Crippen molar-refractivity contribution in [3.05, 3.63) is 69.8 Å². The van der Waals surface area contributed by atoms with Gasteiger partial charge in [-0.15, -0.1) is 0 Å². The van der Waals surface area contributed by atoms with E-state index in [4.69, 9.17) is 4.74 Å². The highest BCUT2D eigenvalue weighted by Crippen LogP contribution is 2.16. The van der Waals surface area contributed by atoms with E-state index < -0.39 is 10.8 Å². The lowest BCUT2D eigenvalue weighted by Crippen LogP contribution is -2.25. The third-order valence-electron chi connectivity index (χ3n) is 3.28. The van der Waals surface area contributed by atoms with E-state index >= 15 is 0 Å². The highest BCUT2D eigenvalue weighted by Gasteiger charge is 2.08. The maximum absolute atomic E-state index is 11.8. The second kappa shape index (κ2) is 7.87. The molecule has 0 aliphatic heterocycles. The van der Waals surface area contributed by atoms with E-state index in [0.717, 1.165) is 5.56 Å². The van der Waals surface area contributed by atoms with Crippen LogP contribution in [0, 0.1) is 17.0 Å². The maximum atomic E-state index is 11.8. The van der Waals surface area contributed by atoms with Gasteiger partial charge in [-0.05, 0) is 25.5 Å². The number of nitro benzene ring substituents is 1. The first-order valence-corrected chi connectivity index (χ1v) is 7.24. The Morgan fingerprint density at radius 2 is 2.00 bits per heavy atom. The molecule has 7 nitrogen and oxygen atoms in total. The lowest BCUT2D eigenvalue weighted by Gasteiger charge is -2.08. The number of nitro groups is 1. The fraction of sp³-hybridized carbons (Fsp3) is 0.176. The largest absolute Gasteiger partial charge is 0.483 e. The predicted molar refractivity (Wildman–Crippen MR) is 90.1 cm³/mol. The first kappa shape index (κ1) is 17.1. The molecule has 1 N–H and O–H groups in total. The molecule has 0 radical (unpaired) electrons. The number of rotatable bonds is 6. The minimum atomic E-state index is -0.481. The Hall–Kier alpha value is -3.22. The molecule has 7 heteroatoms. The van der Waals surface area contributed by atoms with Crippen LogP contribution in [0.2, 0.25) is 0 Å². The number of para-hydroxylation sites is 1. The molecule has 124 valence electrons. The van der Waals surface area contributed by atoms with Gasteiger partial charge in [0.1, 0.15) is 5.75 Å². The van der Waals surface area contributed by atoms with Gasteiger partial charge in [0.15, 0.2) is 6.61 Å². The summed E-state index contributed by atoms with van der Waals surface area (Å²) in [6.07, 6.45) is 0. The molecule has 2 aromatic rings. The maximum Gasteiger partial charge on any atom is 0.277 e. The van der Waals surface area contributed by atoms with Crippen LogP contribution in [0.3, 0.4) is 0 Å². The Morgan fingerprint density at radius 1 is 1.25 bits per heavy atom. The highest BCUT2D eigenvalue weighted by molar-refractivity contribution is 5.99. The molecule has 1 amide bonds. The quantitative estimate of drug-likeness (QED) is 0.501. The number of hydrogen-bond donors (Lipinski definition) is 1. The molecule has 2 rings (SSSR count). The van der Waals surface area contributed by atoms with E-state index in [1.807, 2.05) is 25.1 Å². The van der Waals surface area contributed by atoms with Crippen molar-refractivity contribution in [1.82, 2.24) is 5.43 Å². The van der Waals surface area contributed by atoms with E-state index in [1.165, 1.54) is 12.1 Å². The molecule has 0 aliphatic carbocycles. The van der Waals surface area contributed by atoms with Crippen molar-refractivity contribution in [2.24, 2.45) is 5.10 Å². The number of non-ortho nitro benzene ring substituents is 1. The summed E-state index contributed by atoms with van der Waals surface area (Å²) in [5.74, 6) is 0.218. The van der Waals surface area contributed by atoms with Crippen molar-refractivity contribution < 1.29 is 14.5 Å². The van der Waals surface area contributed by atoms with Gasteiger partial charge in [0.2, 0.25) is 0 Å². The minimum Gasteiger partial charge on any atom is -0.483 e. The number of hydrazone groups is 1. The number of benzene rings is 2. The Balaban J connectivity index is 1.94. The molecule has 0 spiro atoms. The van der Waals surface area contributed by atoms with E-state index in [2.05, 4.69) is 10.5 Å². The van der Waals surface area contributed by atoms with Gasteiger partial charge in [-0.3, -0.25) is 14.9 Å². The summed E-state index contributed by atoms with van der Waals surface area (Å²) in [6, 6.07) is 13.4. The SMILES string of the molecule is CC(=NNC(=O)COc1ccccc1C)c1cccc([N+](=O)[O-])c1. The molecule has 2 aromatic carbocycles. The second-order valence-corrected chi connectivity index (χ2v) is 5.09. The smallest absolute Gasteiger partial charge is 0.277 e. The van der Waals surface area contributed by atoms with Crippen LogP contribution >= 0.6 is 0 Å². The summed E-state index contributed by atoms with van der Waals surface area (Å²) in [5, 5.41) is 14.7. The summed E-state index contributed by atoms with van der Waals surface area (Å²) < 4.78 is 5.42. The third kappa shape index (κ3) is 4.64. The molecular formula is C17H17N3O4.